The van der Waals surface area contributed by atoms with Gasteiger partial charge < -0.3 is 5.32 Å². The lowest BCUT2D eigenvalue weighted by atomic mass is 10.2. The van der Waals surface area contributed by atoms with E-state index in [9.17, 15) is 0 Å². The molecule has 0 amide bonds. The molecule has 1 aromatic heterocycles. The van der Waals surface area contributed by atoms with Crippen molar-refractivity contribution in [3.05, 3.63) is 0 Å². The van der Waals surface area contributed by atoms with Crippen molar-refractivity contribution in [2.75, 3.05) is 11.9 Å². The fourth-order valence-corrected chi connectivity index (χ4v) is 1.15. The van der Waals surface area contributed by atoms with Crippen molar-refractivity contribution in [3.63, 3.8) is 0 Å². The van der Waals surface area contributed by atoms with Gasteiger partial charge in [0, 0.05) is 13.1 Å². The summed E-state index contributed by atoms with van der Waals surface area (Å²) in [6.45, 7) is 5.98. The summed E-state index contributed by atoms with van der Waals surface area (Å²) in [6, 6.07) is 0. The normalized spacial score (nSPS) is 9.57. The molecular formula is C8H18ClN5. The molecule has 0 bridgehead atoms. The molecule has 6 heteroatoms. The van der Waals surface area contributed by atoms with Gasteiger partial charge in [0.2, 0.25) is 5.95 Å². The molecule has 0 aliphatic carbocycles. The van der Waals surface area contributed by atoms with Crippen LogP contribution in [0.5, 0.6) is 0 Å². The Hall–Kier alpha value is -0.840. The molecule has 0 spiro atoms. The van der Waals surface area contributed by atoms with E-state index >= 15 is 0 Å². The van der Waals surface area contributed by atoms with Crippen molar-refractivity contribution < 1.29 is 0 Å². The standard InChI is InChI=1S/C8H17N5.ClH/c1-3-5-6-7-13-8(9-4-2)10-11-12-13;/h3-7H2,1-2H3,(H,9,10,12);1H. The fourth-order valence-electron chi connectivity index (χ4n) is 1.15. The van der Waals surface area contributed by atoms with Crippen LogP contribution in [0.2, 0.25) is 0 Å². The van der Waals surface area contributed by atoms with Crippen LogP contribution >= 0.6 is 12.4 Å². The molecule has 0 aromatic carbocycles. The Labute approximate surface area is 90.7 Å². The van der Waals surface area contributed by atoms with Crippen LogP contribution in [0, 0.1) is 0 Å². The second kappa shape index (κ2) is 7.55. The number of rotatable bonds is 6. The summed E-state index contributed by atoms with van der Waals surface area (Å²) in [6.07, 6.45) is 3.59. The third-order valence-corrected chi connectivity index (χ3v) is 1.84. The van der Waals surface area contributed by atoms with Crippen LogP contribution < -0.4 is 5.32 Å². The Morgan fingerprint density at radius 2 is 2.07 bits per heavy atom. The monoisotopic (exact) mass is 219 g/mol. The minimum Gasteiger partial charge on any atom is -0.353 e. The van der Waals surface area contributed by atoms with E-state index < -0.39 is 0 Å². The lowest BCUT2D eigenvalue weighted by Gasteiger charge is -2.03. The van der Waals surface area contributed by atoms with Gasteiger partial charge in [0.15, 0.2) is 0 Å². The van der Waals surface area contributed by atoms with Crippen molar-refractivity contribution in [1.29, 1.82) is 0 Å². The number of nitrogens with zero attached hydrogens (tertiary/aromatic N) is 4. The van der Waals surface area contributed by atoms with Crippen LogP contribution in [-0.2, 0) is 6.54 Å². The lowest BCUT2D eigenvalue weighted by molar-refractivity contribution is 0.541. The molecule has 0 saturated carbocycles. The highest BCUT2D eigenvalue weighted by molar-refractivity contribution is 5.85. The van der Waals surface area contributed by atoms with Gasteiger partial charge in [-0.3, -0.25) is 0 Å². The van der Waals surface area contributed by atoms with Crippen LogP contribution in [0.25, 0.3) is 0 Å². The zero-order valence-corrected chi connectivity index (χ0v) is 9.55. The largest absolute Gasteiger partial charge is 0.353 e. The second-order valence-corrected chi connectivity index (χ2v) is 2.96. The first-order valence-corrected chi connectivity index (χ1v) is 4.88. The van der Waals surface area contributed by atoms with Crippen molar-refractivity contribution in [3.8, 4) is 0 Å². The highest BCUT2D eigenvalue weighted by Crippen LogP contribution is 2.02. The number of unbranched alkanes of at least 4 members (excludes halogenated alkanes) is 2. The first-order chi connectivity index (χ1) is 6.38. The predicted octanol–water partition coefficient (Wildman–Crippen LogP) is 1.72. The summed E-state index contributed by atoms with van der Waals surface area (Å²) in [5.74, 6) is 0.776. The second-order valence-electron chi connectivity index (χ2n) is 2.96. The van der Waals surface area contributed by atoms with E-state index in [4.69, 9.17) is 0 Å². The molecule has 0 unspecified atom stereocenters. The number of hydrogen-bond donors (Lipinski definition) is 1. The summed E-state index contributed by atoms with van der Waals surface area (Å²) in [5.41, 5.74) is 0. The first-order valence-electron chi connectivity index (χ1n) is 4.88. The molecule has 1 rings (SSSR count). The van der Waals surface area contributed by atoms with E-state index in [1.54, 1.807) is 0 Å². The van der Waals surface area contributed by atoms with Crippen molar-refractivity contribution in [2.45, 2.75) is 39.7 Å². The number of halogens is 1. The fraction of sp³-hybridized carbons (Fsp3) is 0.875. The summed E-state index contributed by atoms with van der Waals surface area (Å²) in [7, 11) is 0. The van der Waals surface area contributed by atoms with Crippen LogP contribution in [0.1, 0.15) is 33.1 Å². The lowest BCUT2D eigenvalue weighted by Crippen LogP contribution is -2.08. The Balaban J connectivity index is 0.00000169. The van der Waals surface area contributed by atoms with Crippen molar-refractivity contribution >= 4 is 18.4 Å². The number of tetrazole rings is 1. The molecule has 0 aliphatic rings. The molecule has 1 N–H and O–H groups in total. The molecule has 0 fully saturated rings. The minimum atomic E-state index is 0. The van der Waals surface area contributed by atoms with Gasteiger partial charge in [-0.2, -0.15) is 0 Å². The molecule has 0 atom stereocenters. The molecule has 0 saturated heterocycles. The predicted molar refractivity (Wildman–Crippen MR) is 58.8 cm³/mol. The highest BCUT2D eigenvalue weighted by atomic mass is 35.5. The SMILES string of the molecule is CCCCCn1nnnc1NCC.Cl. The van der Waals surface area contributed by atoms with Crippen LogP contribution in [0.4, 0.5) is 5.95 Å². The molecule has 82 valence electrons. The third-order valence-electron chi connectivity index (χ3n) is 1.84. The molecular weight excluding hydrogens is 202 g/mol. The Morgan fingerprint density at radius 1 is 1.29 bits per heavy atom. The summed E-state index contributed by atoms with van der Waals surface area (Å²) in [5, 5.41) is 14.5. The van der Waals surface area contributed by atoms with Crippen molar-refractivity contribution in [2.24, 2.45) is 0 Å². The molecule has 1 aromatic rings. The summed E-state index contributed by atoms with van der Waals surface area (Å²) >= 11 is 0. The average Bonchev–Trinajstić information content (AvgIpc) is 2.54. The van der Waals surface area contributed by atoms with Crippen LogP contribution in [-0.4, -0.2) is 26.8 Å². The van der Waals surface area contributed by atoms with E-state index in [-0.39, 0.29) is 12.4 Å². The Bertz CT molecular complexity index is 237. The summed E-state index contributed by atoms with van der Waals surface area (Å²) < 4.78 is 1.82. The van der Waals surface area contributed by atoms with Gasteiger partial charge in [0.25, 0.3) is 0 Å². The first kappa shape index (κ1) is 13.2. The van der Waals surface area contributed by atoms with Crippen molar-refractivity contribution in [1.82, 2.24) is 20.2 Å². The molecule has 0 aliphatic heterocycles. The average molecular weight is 220 g/mol. The van der Waals surface area contributed by atoms with E-state index in [2.05, 4.69) is 27.8 Å². The smallest absolute Gasteiger partial charge is 0.242 e. The molecule has 5 nitrogen and oxygen atoms in total. The van der Waals surface area contributed by atoms with E-state index in [1.165, 1.54) is 12.8 Å². The van der Waals surface area contributed by atoms with Gasteiger partial charge in [-0.05, 0) is 23.8 Å². The van der Waals surface area contributed by atoms with Gasteiger partial charge in [0.1, 0.15) is 0 Å². The number of aryl methyl sites for hydroxylation is 1. The zero-order chi connectivity index (χ0) is 9.52. The van der Waals surface area contributed by atoms with E-state index in [1.807, 2.05) is 11.6 Å². The zero-order valence-electron chi connectivity index (χ0n) is 8.73. The van der Waals surface area contributed by atoms with Crippen LogP contribution in [0.3, 0.4) is 0 Å². The topological polar surface area (TPSA) is 55.6 Å². The number of aromatic nitrogens is 4. The van der Waals surface area contributed by atoms with Crippen LogP contribution in [0.15, 0.2) is 0 Å². The van der Waals surface area contributed by atoms with Gasteiger partial charge in [-0.1, -0.05) is 24.9 Å². The summed E-state index contributed by atoms with van der Waals surface area (Å²) in [4.78, 5) is 0. The molecule has 1 heterocycles. The number of hydrogen-bond acceptors (Lipinski definition) is 4. The maximum atomic E-state index is 3.90. The van der Waals surface area contributed by atoms with Gasteiger partial charge in [-0.15, -0.1) is 12.4 Å². The molecule has 0 radical (unpaired) electrons. The molecule has 14 heavy (non-hydrogen) atoms. The maximum absolute atomic E-state index is 3.90. The van der Waals surface area contributed by atoms with E-state index in [0.29, 0.717) is 0 Å². The Morgan fingerprint density at radius 3 is 2.71 bits per heavy atom. The number of nitrogens with one attached hydrogen (secondary N) is 1. The maximum Gasteiger partial charge on any atom is 0.242 e. The minimum absolute atomic E-state index is 0. The van der Waals surface area contributed by atoms with Gasteiger partial charge in [0.05, 0.1) is 0 Å². The third kappa shape index (κ3) is 3.91. The van der Waals surface area contributed by atoms with Gasteiger partial charge >= 0.3 is 0 Å². The number of anilines is 1. The Kier molecular flexibility index (Phi) is 7.10. The highest BCUT2D eigenvalue weighted by Gasteiger charge is 2.02. The quantitative estimate of drug-likeness (QED) is 0.741. The van der Waals surface area contributed by atoms with E-state index in [0.717, 1.165) is 25.5 Å². The van der Waals surface area contributed by atoms with Gasteiger partial charge in [-0.25, -0.2) is 4.68 Å².